The molecule has 0 bridgehead atoms. The van der Waals surface area contributed by atoms with E-state index >= 15 is 0 Å². The zero-order chi connectivity index (χ0) is 18.7. The van der Waals surface area contributed by atoms with Crippen molar-refractivity contribution in [3.63, 3.8) is 0 Å². The minimum absolute atomic E-state index is 0.00543. The van der Waals surface area contributed by atoms with Gasteiger partial charge >= 0.3 is 5.97 Å². The van der Waals surface area contributed by atoms with Crippen molar-refractivity contribution in [1.82, 2.24) is 4.90 Å². The molecule has 0 N–H and O–H groups in total. The lowest BCUT2D eigenvalue weighted by Crippen LogP contribution is -2.36. The van der Waals surface area contributed by atoms with Crippen molar-refractivity contribution in [3.8, 4) is 17.9 Å². The van der Waals surface area contributed by atoms with Crippen molar-refractivity contribution < 1.29 is 19.1 Å². The van der Waals surface area contributed by atoms with E-state index in [9.17, 15) is 9.59 Å². The predicted octanol–water partition coefficient (Wildman–Crippen LogP) is 1.75. The zero-order valence-electron chi connectivity index (χ0n) is 14.4. The fraction of sp³-hybridized carbons (Fsp3) is 0.444. The van der Waals surface area contributed by atoms with E-state index in [4.69, 9.17) is 20.0 Å². The maximum atomic E-state index is 12.1. The number of carbonyl (C=O) groups excluding carboxylic acids is 2. The number of amides is 1. The van der Waals surface area contributed by atoms with Gasteiger partial charge < -0.3 is 14.4 Å². The van der Waals surface area contributed by atoms with Crippen LogP contribution in [0.1, 0.15) is 24.0 Å². The third-order valence-electron chi connectivity index (χ3n) is 3.47. The van der Waals surface area contributed by atoms with E-state index in [0.717, 1.165) is 5.56 Å². The smallest absolute Gasteiger partial charge is 0.310 e. The van der Waals surface area contributed by atoms with Gasteiger partial charge in [-0.1, -0.05) is 17.7 Å². The van der Waals surface area contributed by atoms with Crippen LogP contribution in [0.2, 0.25) is 0 Å². The Morgan fingerprint density at radius 1 is 1.16 bits per heavy atom. The number of carbonyl (C=O) groups is 2. The van der Waals surface area contributed by atoms with E-state index in [-0.39, 0.29) is 32.4 Å². The number of nitrogens with zero attached hydrogens (tertiary/aromatic N) is 3. The first-order chi connectivity index (χ1) is 12.0. The van der Waals surface area contributed by atoms with Crippen molar-refractivity contribution >= 4 is 11.9 Å². The average molecular weight is 343 g/mol. The van der Waals surface area contributed by atoms with Crippen LogP contribution in [0.5, 0.6) is 5.75 Å². The van der Waals surface area contributed by atoms with E-state index in [1.807, 2.05) is 31.2 Å². The van der Waals surface area contributed by atoms with Gasteiger partial charge in [-0.3, -0.25) is 9.59 Å². The van der Waals surface area contributed by atoms with Crippen LogP contribution in [-0.4, -0.2) is 43.6 Å². The fourth-order valence-electron chi connectivity index (χ4n) is 2.22. The van der Waals surface area contributed by atoms with Crippen LogP contribution in [0.25, 0.3) is 0 Å². The van der Waals surface area contributed by atoms with E-state index in [1.165, 1.54) is 12.0 Å². The number of ether oxygens (including phenoxy) is 2. The van der Waals surface area contributed by atoms with Gasteiger partial charge in [-0.05, 0) is 13.0 Å². The van der Waals surface area contributed by atoms with Crippen LogP contribution in [0, 0.1) is 29.6 Å². The molecular weight excluding hydrogens is 322 g/mol. The molecule has 0 aromatic heterocycles. The molecule has 0 atom stereocenters. The molecule has 0 saturated carbocycles. The predicted molar refractivity (Wildman–Crippen MR) is 89.4 cm³/mol. The van der Waals surface area contributed by atoms with E-state index in [0.29, 0.717) is 11.3 Å². The number of hydrogen-bond donors (Lipinski definition) is 0. The van der Waals surface area contributed by atoms with Crippen molar-refractivity contribution in [3.05, 3.63) is 29.3 Å². The summed E-state index contributed by atoms with van der Waals surface area (Å²) in [5.41, 5.74) is 1.67. The van der Waals surface area contributed by atoms with E-state index < -0.39 is 18.5 Å². The summed E-state index contributed by atoms with van der Waals surface area (Å²) in [5.74, 6) is -0.383. The summed E-state index contributed by atoms with van der Waals surface area (Å²) in [7, 11) is 1.52. The number of nitriles is 2. The summed E-state index contributed by atoms with van der Waals surface area (Å²) in [6, 6.07) is 9.37. The maximum absolute atomic E-state index is 12.1. The van der Waals surface area contributed by atoms with Crippen molar-refractivity contribution in [2.45, 2.75) is 26.2 Å². The molecule has 132 valence electrons. The molecule has 0 aliphatic rings. The summed E-state index contributed by atoms with van der Waals surface area (Å²) < 4.78 is 10.2. The molecule has 25 heavy (non-hydrogen) atoms. The second-order valence-electron chi connectivity index (χ2n) is 5.35. The first-order valence-electron chi connectivity index (χ1n) is 7.82. The third kappa shape index (κ3) is 6.92. The quantitative estimate of drug-likeness (QED) is 0.633. The highest BCUT2D eigenvalue weighted by atomic mass is 16.5. The highest BCUT2D eigenvalue weighted by Gasteiger charge is 2.16. The minimum Gasteiger partial charge on any atom is -0.496 e. The molecular formula is C18H21N3O4. The van der Waals surface area contributed by atoms with Crippen LogP contribution < -0.4 is 4.74 Å². The molecule has 1 aromatic carbocycles. The largest absolute Gasteiger partial charge is 0.496 e. The summed E-state index contributed by atoms with van der Waals surface area (Å²) in [5, 5.41) is 17.3. The molecule has 7 nitrogen and oxygen atoms in total. The number of esters is 1. The topological polar surface area (TPSA) is 103 Å². The molecule has 7 heteroatoms. The molecule has 0 spiro atoms. The summed E-state index contributed by atoms with van der Waals surface area (Å²) in [6.45, 7) is 1.91. The Morgan fingerprint density at radius 2 is 1.80 bits per heavy atom. The molecule has 1 amide bonds. The van der Waals surface area contributed by atoms with E-state index in [1.54, 1.807) is 6.07 Å². The number of aryl methyl sites for hydroxylation is 1. The van der Waals surface area contributed by atoms with Crippen molar-refractivity contribution in [2.75, 3.05) is 26.8 Å². The standard InChI is InChI=1S/C18H21N3O4/c1-14-5-6-16(24-2)15(11-14)12-18(23)25-13-17(22)21(9-3-7-19)10-4-8-20/h5-6,11H,3-4,9-10,12-13H2,1-2H3. The Kier molecular flexibility index (Phi) is 8.53. The third-order valence-corrected chi connectivity index (χ3v) is 3.47. The van der Waals surface area contributed by atoms with Gasteiger partial charge in [0.25, 0.3) is 5.91 Å². The molecule has 0 heterocycles. The van der Waals surface area contributed by atoms with Crippen molar-refractivity contribution in [2.24, 2.45) is 0 Å². The van der Waals surface area contributed by atoms with Crippen molar-refractivity contribution in [1.29, 1.82) is 10.5 Å². The Labute approximate surface area is 147 Å². The summed E-state index contributed by atoms with van der Waals surface area (Å²) in [6.07, 6.45) is 0.311. The highest BCUT2D eigenvalue weighted by molar-refractivity contribution is 5.81. The first kappa shape index (κ1) is 20.0. The normalized spacial score (nSPS) is 9.60. The van der Waals surface area contributed by atoms with Gasteiger partial charge in [-0.25, -0.2) is 0 Å². The van der Waals surface area contributed by atoms with E-state index in [2.05, 4.69) is 0 Å². The van der Waals surface area contributed by atoms with Crippen LogP contribution in [0.3, 0.4) is 0 Å². The monoisotopic (exact) mass is 343 g/mol. The Hall–Kier alpha value is -3.06. The highest BCUT2D eigenvalue weighted by Crippen LogP contribution is 2.20. The summed E-state index contributed by atoms with van der Waals surface area (Å²) in [4.78, 5) is 25.4. The first-order valence-corrected chi connectivity index (χ1v) is 7.82. The van der Waals surface area contributed by atoms with Gasteiger partial charge in [-0.2, -0.15) is 10.5 Å². The number of benzene rings is 1. The van der Waals surface area contributed by atoms with Gasteiger partial charge in [0.05, 0.1) is 38.5 Å². The SMILES string of the molecule is COc1ccc(C)cc1CC(=O)OCC(=O)N(CCC#N)CCC#N. The summed E-state index contributed by atoms with van der Waals surface area (Å²) >= 11 is 0. The molecule has 0 aliphatic carbocycles. The maximum Gasteiger partial charge on any atom is 0.310 e. The van der Waals surface area contributed by atoms with Gasteiger partial charge in [0, 0.05) is 18.7 Å². The lowest BCUT2D eigenvalue weighted by atomic mass is 10.1. The van der Waals surface area contributed by atoms with Gasteiger partial charge in [0.2, 0.25) is 0 Å². The minimum atomic E-state index is -0.544. The lowest BCUT2D eigenvalue weighted by Gasteiger charge is -2.20. The molecule has 0 saturated heterocycles. The molecule has 1 aromatic rings. The Balaban J connectivity index is 2.59. The second-order valence-corrected chi connectivity index (χ2v) is 5.35. The van der Waals surface area contributed by atoms with Crippen LogP contribution in [0.4, 0.5) is 0 Å². The van der Waals surface area contributed by atoms with Gasteiger partial charge in [-0.15, -0.1) is 0 Å². The average Bonchev–Trinajstić information content (AvgIpc) is 2.60. The molecule has 0 radical (unpaired) electrons. The molecule has 0 aliphatic heterocycles. The number of methoxy groups -OCH3 is 1. The number of hydrogen-bond acceptors (Lipinski definition) is 6. The lowest BCUT2D eigenvalue weighted by molar-refractivity contribution is -0.151. The molecule has 1 rings (SSSR count). The Bertz CT molecular complexity index is 671. The Morgan fingerprint density at radius 3 is 2.36 bits per heavy atom. The zero-order valence-corrected chi connectivity index (χ0v) is 14.4. The second kappa shape index (κ2) is 10.7. The number of rotatable bonds is 9. The fourth-order valence-corrected chi connectivity index (χ4v) is 2.22. The molecule has 0 fully saturated rings. The van der Waals surface area contributed by atoms with Gasteiger partial charge in [0.15, 0.2) is 6.61 Å². The van der Waals surface area contributed by atoms with Crippen LogP contribution in [-0.2, 0) is 20.7 Å². The molecule has 0 unspecified atom stereocenters. The van der Waals surface area contributed by atoms with Gasteiger partial charge in [0.1, 0.15) is 5.75 Å². The van der Waals surface area contributed by atoms with Crippen LogP contribution >= 0.6 is 0 Å². The van der Waals surface area contributed by atoms with Crippen LogP contribution in [0.15, 0.2) is 18.2 Å².